The summed E-state index contributed by atoms with van der Waals surface area (Å²) in [6.45, 7) is 2.60. The van der Waals surface area contributed by atoms with E-state index < -0.39 is 0 Å². The number of aromatic hydroxyl groups is 1. The Hall–Kier alpha value is -3.31. The number of hydrogen-bond donors (Lipinski definition) is 1. The summed E-state index contributed by atoms with van der Waals surface area (Å²) in [7, 11) is 4.60. The van der Waals surface area contributed by atoms with E-state index in [1.807, 2.05) is 60.7 Å². The van der Waals surface area contributed by atoms with E-state index in [0.717, 1.165) is 66.0 Å². The highest BCUT2D eigenvalue weighted by molar-refractivity contribution is 5.89. The molecule has 5 rings (SSSR count). The molecular formula is C29H33N2O3+. The first-order valence-corrected chi connectivity index (χ1v) is 12.2. The molecular weight excluding hydrogens is 424 g/mol. The molecule has 3 aromatic rings. The van der Waals surface area contributed by atoms with Crippen LogP contribution in [0.1, 0.15) is 35.4 Å². The maximum absolute atomic E-state index is 13.8. The van der Waals surface area contributed by atoms with Crippen LogP contribution in [0.5, 0.6) is 17.2 Å². The van der Waals surface area contributed by atoms with Crippen molar-refractivity contribution in [3.63, 3.8) is 0 Å². The molecule has 0 saturated carbocycles. The van der Waals surface area contributed by atoms with Crippen molar-refractivity contribution in [2.45, 2.75) is 31.2 Å². The largest absolute Gasteiger partial charge is 0.508 e. The molecule has 5 nitrogen and oxygen atoms in total. The molecule has 34 heavy (non-hydrogen) atoms. The van der Waals surface area contributed by atoms with Crippen molar-refractivity contribution in [2.24, 2.45) is 0 Å². The first-order chi connectivity index (χ1) is 16.4. The zero-order valence-corrected chi connectivity index (χ0v) is 20.0. The number of likely N-dealkylation sites (tertiary alicyclic amines) is 1. The zero-order valence-electron chi connectivity index (χ0n) is 20.0. The third kappa shape index (κ3) is 4.40. The maximum atomic E-state index is 13.8. The third-order valence-electron chi connectivity index (χ3n) is 7.60. The monoisotopic (exact) mass is 457 g/mol. The average Bonchev–Trinajstić information content (AvgIpc) is 2.86. The Morgan fingerprint density at radius 1 is 0.912 bits per heavy atom. The number of likely N-dealkylation sites (N-methyl/N-ethyl adjacent to an activating group) is 1. The SMILES string of the molecule is C[N+](C)(CCc1ccc(O)cc1)C1CCN(C(=O)C2c3ccccc3Oc3ccccc32)CC1. The Morgan fingerprint density at radius 3 is 2.06 bits per heavy atom. The van der Waals surface area contributed by atoms with Gasteiger partial charge in [-0.1, -0.05) is 48.5 Å². The van der Waals surface area contributed by atoms with Crippen molar-refractivity contribution in [1.82, 2.24) is 4.90 Å². The summed E-state index contributed by atoms with van der Waals surface area (Å²) in [4.78, 5) is 15.9. The lowest BCUT2D eigenvalue weighted by Crippen LogP contribution is -2.55. The van der Waals surface area contributed by atoms with Gasteiger partial charge in [-0.2, -0.15) is 0 Å². The van der Waals surface area contributed by atoms with Gasteiger partial charge in [0.05, 0.1) is 32.6 Å². The number of phenols is 1. The minimum absolute atomic E-state index is 0.177. The number of quaternary nitrogens is 1. The predicted molar refractivity (Wildman–Crippen MR) is 133 cm³/mol. The predicted octanol–water partition coefficient (Wildman–Crippen LogP) is 4.94. The molecule has 3 aromatic carbocycles. The second kappa shape index (κ2) is 9.15. The molecule has 0 bridgehead atoms. The molecule has 0 unspecified atom stereocenters. The fourth-order valence-electron chi connectivity index (χ4n) is 5.41. The van der Waals surface area contributed by atoms with Crippen LogP contribution in [-0.2, 0) is 11.2 Å². The van der Waals surface area contributed by atoms with Crippen LogP contribution in [0, 0.1) is 0 Å². The Kier molecular flexibility index (Phi) is 6.05. The molecule has 2 aliphatic rings. The average molecular weight is 458 g/mol. The van der Waals surface area contributed by atoms with Crippen LogP contribution in [-0.4, -0.2) is 60.2 Å². The van der Waals surface area contributed by atoms with Gasteiger partial charge in [0.2, 0.25) is 5.91 Å². The molecule has 0 aromatic heterocycles. The second-order valence-corrected chi connectivity index (χ2v) is 10.1. The normalized spacial score (nSPS) is 16.5. The van der Waals surface area contributed by atoms with E-state index >= 15 is 0 Å². The fourth-order valence-corrected chi connectivity index (χ4v) is 5.41. The Balaban J connectivity index is 1.26. The van der Waals surface area contributed by atoms with Crippen molar-refractivity contribution >= 4 is 5.91 Å². The van der Waals surface area contributed by atoms with Crippen LogP contribution in [0.3, 0.4) is 0 Å². The summed E-state index contributed by atoms with van der Waals surface area (Å²) in [5.74, 6) is 1.73. The smallest absolute Gasteiger partial charge is 0.234 e. The third-order valence-corrected chi connectivity index (χ3v) is 7.60. The highest BCUT2D eigenvalue weighted by Crippen LogP contribution is 2.45. The minimum Gasteiger partial charge on any atom is -0.508 e. The number of benzene rings is 3. The van der Waals surface area contributed by atoms with E-state index in [-0.39, 0.29) is 11.8 Å². The Morgan fingerprint density at radius 2 is 1.47 bits per heavy atom. The molecule has 0 atom stereocenters. The van der Waals surface area contributed by atoms with Gasteiger partial charge in [0, 0.05) is 43.5 Å². The van der Waals surface area contributed by atoms with E-state index in [1.54, 1.807) is 12.1 Å². The maximum Gasteiger partial charge on any atom is 0.234 e. The van der Waals surface area contributed by atoms with E-state index in [9.17, 15) is 9.90 Å². The van der Waals surface area contributed by atoms with Crippen LogP contribution in [0.2, 0.25) is 0 Å². The molecule has 2 heterocycles. The highest BCUT2D eigenvalue weighted by Gasteiger charge is 2.38. The van der Waals surface area contributed by atoms with Gasteiger partial charge in [0.1, 0.15) is 17.2 Å². The first-order valence-electron chi connectivity index (χ1n) is 12.2. The number of carbonyl (C=O) groups is 1. The van der Waals surface area contributed by atoms with Crippen molar-refractivity contribution in [1.29, 1.82) is 0 Å². The number of rotatable bonds is 5. The number of carbonyl (C=O) groups excluding carboxylic acids is 1. The second-order valence-electron chi connectivity index (χ2n) is 10.1. The number of ether oxygens (including phenoxy) is 1. The lowest BCUT2D eigenvalue weighted by atomic mass is 9.86. The zero-order chi connectivity index (χ0) is 23.7. The van der Waals surface area contributed by atoms with Crippen LogP contribution < -0.4 is 4.74 Å². The lowest BCUT2D eigenvalue weighted by Gasteiger charge is -2.43. The van der Waals surface area contributed by atoms with Gasteiger partial charge in [-0.05, 0) is 29.8 Å². The highest BCUT2D eigenvalue weighted by atomic mass is 16.5. The van der Waals surface area contributed by atoms with Gasteiger partial charge in [-0.3, -0.25) is 4.79 Å². The van der Waals surface area contributed by atoms with Gasteiger partial charge in [-0.25, -0.2) is 0 Å². The van der Waals surface area contributed by atoms with E-state index in [2.05, 4.69) is 19.0 Å². The van der Waals surface area contributed by atoms with Crippen molar-refractivity contribution in [2.75, 3.05) is 33.7 Å². The Labute approximate surface area is 201 Å². The number of fused-ring (bicyclic) bond motifs is 2. The van der Waals surface area contributed by atoms with Gasteiger partial charge in [0.25, 0.3) is 0 Å². The molecule has 176 valence electrons. The van der Waals surface area contributed by atoms with Gasteiger partial charge in [-0.15, -0.1) is 0 Å². The number of piperidine rings is 1. The number of amides is 1. The number of phenolic OH excluding ortho intramolecular Hbond substituents is 1. The number of para-hydroxylation sites is 2. The molecule has 2 aliphatic heterocycles. The van der Waals surface area contributed by atoms with Crippen LogP contribution in [0.4, 0.5) is 0 Å². The Bertz CT molecular complexity index is 1120. The lowest BCUT2D eigenvalue weighted by molar-refractivity contribution is -0.916. The number of hydrogen-bond acceptors (Lipinski definition) is 3. The summed E-state index contributed by atoms with van der Waals surface area (Å²) in [5, 5.41) is 9.52. The van der Waals surface area contributed by atoms with E-state index in [1.165, 1.54) is 5.56 Å². The molecule has 0 aliphatic carbocycles. The molecule has 1 amide bonds. The molecule has 0 spiro atoms. The van der Waals surface area contributed by atoms with E-state index in [0.29, 0.717) is 11.8 Å². The van der Waals surface area contributed by atoms with Crippen molar-refractivity contribution in [3.05, 3.63) is 89.5 Å². The summed E-state index contributed by atoms with van der Waals surface area (Å²) in [6.07, 6.45) is 2.98. The molecule has 5 heteroatoms. The summed E-state index contributed by atoms with van der Waals surface area (Å²) in [5.41, 5.74) is 3.16. The van der Waals surface area contributed by atoms with Gasteiger partial charge >= 0.3 is 0 Å². The number of nitrogens with zero attached hydrogens (tertiary/aromatic N) is 2. The molecule has 1 fully saturated rings. The van der Waals surface area contributed by atoms with E-state index in [4.69, 9.17) is 4.74 Å². The quantitative estimate of drug-likeness (QED) is 0.552. The van der Waals surface area contributed by atoms with Crippen LogP contribution >= 0.6 is 0 Å². The minimum atomic E-state index is -0.310. The summed E-state index contributed by atoms with van der Waals surface area (Å²) < 4.78 is 7.03. The molecule has 1 N–H and O–H groups in total. The molecule has 0 radical (unpaired) electrons. The summed E-state index contributed by atoms with van der Waals surface area (Å²) >= 11 is 0. The van der Waals surface area contributed by atoms with Gasteiger partial charge in [0.15, 0.2) is 0 Å². The standard InChI is InChI=1S/C29H32N2O3/c1-31(2,20-17-21-11-13-23(32)14-12-21)22-15-18-30(19-16-22)29(33)28-24-7-3-5-9-26(24)34-27-10-6-4-8-25(27)28/h3-14,22,28H,15-20H2,1-2H3/p+1. The van der Waals surface area contributed by atoms with Gasteiger partial charge < -0.3 is 19.2 Å². The van der Waals surface area contributed by atoms with Crippen LogP contribution in [0.25, 0.3) is 0 Å². The fraction of sp³-hybridized carbons (Fsp3) is 0.345. The topological polar surface area (TPSA) is 49.8 Å². The van der Waals surface area contributed by atoms with Crippen molar-refractivity contribution < 1.29 is 19.1 Å². The molecule has 1 saturated heterocycles. The first kappa shape index (κ1) is 22.5. The van der Waals surface area contributed by atoms with Crippen molar-refractivity contribution in [3.8, 4) is 17.2 Å². The van der Waals surface area contributed by atoms with Crippen LogP contribution in [0.15, 0.2) is 72.8 Å². The summed E-state index contributed by atoms with van der Waals surface area (Å²) in [6, 6.07) is 23.9.